The molecular weight excluding hydrogens is 294 g/mol. The van der Waals surface area contributed by atoms with Gasteiger partial charge in [-0.15, -0.1) is 0 Å². The molecule has 0 saturated carbocycles. The third-order valence-electron chi connectivity index (χ3n) is 3.17. The second-order valence-electron chi connectivity index (χ2n) is 4.70. The van der Waals surface area contributed by atoms with Gasteiger partial charge in [-0.2, -0.15) is 0 Å². The van der Waals surface area contributed by atoms with Gasteiger partial charge in [0.25, 0.3) is 0 Å². The van der Waals surface area contributed by atoms with Crippen molar-refractivity contribution in [3.05, 3.63) is 29.8 Å². The second-order valence-corrected chi connectivity index (χ2v) is 5.49. The average Bonchev–Trinajstić information content (AvgIpc) is 2.79. The highest BCUT2D eigenvalue weighted by Crippen LogP contribution is 2.21. The molecule has 1 heterocycles. The number of alkyl halides is 1. The zero-order valence-electron chi connectivity index (χ0n) is 10.5. The predicted molar refractivity (Wildman–Crippen MR) is 76.1 cm³/mol. The molecule has 18 heavy (non-hydrogen) atoms. The molecule has 98 valence electrons. The van der Waals surface area contributed by atoms with E-state index in [9.17, 15) is 4.79 Å². The third kappa shape index (κ3) is 3.56. The van der Waals surface area contributed by atoms with Crippen LogP contribution >= 0.6 is 15.9 Å². The Morgan fingerprint density at radius 2 is 2.17 bits per heavy atom. The number of halogens is 1. The molecule has 2 atom stereocenters. The zero-order chi connectivity index (χ0) is 13.0. The lowest BCUT2D eigenvalue weighted by Gasteiger charge is -2.09. The lowest BCUT2D eigenvalue weighted by molar-refractivity contribution is -0.119. The van der Waals surface area contributed by atoms with Crippen LogP contribution in [0.4, 0.5) is 5.69 Å². The van der Waals surface area contributed by atoms with Crippen LogP contribution in [0.3, 0.4) is 0 Å². The minimum absolute atomic E-state index is 0.0118. The van der Waals surface area contributed by atoms with E-state index in [2.05, 4.69) is 21.2 Å². The molecule has 1 aromatic rings. The maximum atomic E-state index is 12.0. The summed E-state index contributed by atoms with van der Waals surface area (Å²) in [6.45, 7) is 2.54. The summed E-state index contributed by atoms with van der Waals surface area (Å²) in [5, 5.41) is 3.90. The maximum Gasteiger partial charge on any atom is 0.229 e. The van der Waals surface area contributed by atoms with Crippen molar-refractivity contribution in [2.24, 2.45) is 5.92 Å². The highest BCUT2D eigenvalue weighted by Gasteiger charge is 2.28. The van der Waals surface area contributed by atoms with Crippen molar-refractivity contribution in [1.82, 2.24) is 0 Å². The van der Waals surface area contributed by atoms with Gasteiger partial charge < -0.3 is 10.1 Å². The highest BCUT2D eigenvalue weighted by atomic mass is 79.9. The molecule has 1 aliphatic heterocycles. The van der Waals surface area contributed by atoms with Crippen LogP contribution in [0.25, 0.3) is 0 Å². The summed E-state index contributed by atoms with van der Waals surface area (Å²) in [5.74, 6) is 0.0507. The molecule has 0 spiro atoms. The topological polar surface area (TPSA) is 38.3 Å². The number of anilines is 1. The van der Waals surface area contributed by atoms with Gasteiger partial charge in [-0.05, 0) is 37.5 Å². The van der Waals surface area contributed by atoms with Gasteiger partial charge in [0, 0.05) is 11.0 Å². The normalized spacial score (nSPS) is 23.0. The van der Waals surface area contributed by atoms with Crippen molar-refractivity contribution in [2.75, 3.05) is 17.3 Å². The minimum Gasteiger partial charge on any atom is -0.378 e. The fourth-order valence-electron chi connectivity index (χ4n) is 2.11. The quantitative estimate of drug-likeness (QED) is 0.868. The van der Waals surface area contributed by atoms with Crippen LogP contribution < -0.4 is 5.32 Å². The highest BCUT2D eigenvalue weighted by molar-refractivity contribution is 9.09. The van der Waals surface area contributed by atoms with Crippen LogP contribution in [0.2, 0.25) is 0 Å². The van der Waals surface area contributed by atoms with Crippen molar-refractivity contribution in [3.8, 4) is 0 Å². The van der Waals surface area contributed by atoms with Gasteiger partial charge in [-0.25, -0.2) is 0 Å². The molecule has 0 aliphatic carbocycles. The lowest BCUT2D eigenvalue weighted by atomic mass is 10.1. The number of aryl methyl sites for hydroxylation is 1. The molecule has 0 aromatic heterocycles. The van der Waals surface area contributed by atoms with E-state index in [1.165, 1.54) is 5.56 Å². The fourth-order valence-corrected chi connectivity index (χ4v) is 2.57. The molecule has 1 fully saturated rings. The standard InChI is InChI=1S/C14H18BrNO2/c1-10-8-12(9-18-10)14(17)16-13-4-2-11(3-5-13)6-7-15/h2-5,10,12H,6-9H2,1H3,(H,16,17). The molecule has 1 saturated heterocycles. The molecule has 1 N–H and O–H groups in total. The van der Waals surface area contributed by atoms with E-state index in [0.29, 0.717) is 6.61 Å². The number of rotatable bonds is 4. The first-order chi connectivity index (χ1) is 8.69. The van der Waals surface area contributed by atoms with E-state index in [4.69, 9.17) is 4.74 Å². The number of benzene rings is 1. The Hall–Kier alpha value is -0.870. The number of ether oxygens (including phenoxy) is 1. The number of hydrogen-bond acceptors (Lipinski definition) is 2. The van der Waals surface area contributed by atoms with Crippen molar-refractivity contribution in [2.45, 2.75) is 25.9 Å². The van der Waals surface area contributed by atoms with Gasteiger partial charge >= 0.3 is 0 Å². The van der Waals surface area contributed by atoms with E-state index in [-0.39, 0.29) is 17.9 Å². The smallest absolute Gasteiger partial charge is 0.229 e. The van der Waals surface area contributed by atoms with Gasteiger partial charge in [0.05, 0.1) is 18.6 Å². The molecule has 0 radical (unpaired) electrons. The summed E-state index contributed by atoms with van der Waals surface area (Å²) in [6.07, 6.45) is 2.01. The van der Waals surface area contributed by atoms with Crippen molar-refractivity contribution < 1.29 is 9.53 Å². The first-order valence-electron chi connectivity index (χ1n) is 6.26. The Morgan fingerprint density at radius 1 is 1.44 bits per heavy atom. The largest absolute Gasteiger partial charge is 0.378 e. The fraction of sp³-hybridized carbons (Fsp3) is 0.500. The van der Waals surface area contributed by atoms with Crippen LogP contribution in [-0.4, -0.2) is 23.9 Å². The molecule has 2 unspecified atom stereocenters. The third-order valence-corrected chi connectivity index (χ3v) is 3.57. The number of amides is 1. The van der Waals surface area contributed by atoms with Gasteiger partial charge in [0.2, 0.25) is 5.91 Å². The van der Waals surface area contributed by atoms with Crippen LogP contribution in [0.5, 0.6) is 0 Å². The van der Waals surface area contributed by atoms with Crippen LogP contribution in [0.1, 0.15) is 18.9 Å². The van der Waals surface area contributed by atoms with Gasteiger partial charge in [-0.3, -0.25) is 4.79 Å². The zero-order valence-corrected chi connectivity index (χ0v) is 12.1. The minimum atomic E-state index is -0.0118. The second kappa shape index (κ2) is 6.34. The molecular formula is C14H18BrNO2. The molecule has 0 bridgehead atoms. The van der Waals surface area contributed by atoms with E-state index in [1.54, 1.807) is 0 Å². The summed E-state index contributed by atoms with van der Waals surface area (Å²) in [5.41, 5.74) is 2.13. The van der Waals surface area contributed by atoms with Gasteiger partial charge in [-0.1, -0.05) is 28.1 Å². The molecule has 2 rings (SSSR count). The Balaban J connectivity index is 1.90. The number of hydrogen-bond donors (Lipinski definition) is 1. The Kier molecular flexibility index (Phi) is 4.78. The van der Waals surface area contributed by atoms with Gasteiger partial charge in [0.15, 0.2) is 0 Å². The monoisotopic (exact) mass is 311 g/mol. The number of carbonyl (C=O) groups is 1. The van der Waals surface area contributed by atoms with E-state index >= 15 is 0 Å². The summed E-state index contributed by atoms with van der Waals surface area (Å²) in [7, 11) is 0. The van der Waals surface area contributed by atoms with Crippen LogP contribution in [-0.2, 0) is 16.0 Å². The van der Waals surface area contributed by atoms with Crippen LogP contribution in [0.15, 0.2) is 24.3 Å². The average molecular weight is 312 g/mol. The summed E-state index contributed by atoms with van der Waals surface area (Å²) < 4.78 is 5.41. The number of nitrogens with one attached hydrogen (secondary N) is 1. The Bertz CT molecular complexity index is 405. The molecule has 1 aromatic carbocycles. The summed E-state index contributed by atoms with van der Waals surface area (Å²) >= 11 is 3.41. The van der Waals surface area contributed by atoms with E-state index in [1.807, 2.05) is 31.2 Å². The van der Waals surface area contributed by atoms with E-state index in [0.717, 1.165) is 23.9 Å². The SMILES string of the molecule is CC1CC(C(=O)Nc2ccc(CCBr)cc2)CO1. The number of carbonyl (C=O) groups excluding carboxylic acids is 1. The van der Waals surface area contributed by atoms with Crippen molar-refractivity contribution in [1.29, 1.82) is 0 Å². The molecule has 1 amide bonds. The summed E-state index contributed by atoms with van der Waals surface area (Å²) in [4.78, 5) is 12.0. The predicted octanol–water partition coefficient (Wildman–Crippen LogP) is 2.99. The molecule has 3 nitrogen and oxygen atoms in total. The Morgan fingerprint density at radius 3 is 2.72 bits per heavy atom. The first-order valence-corrected chi connectivity index (χ1v) is 7.38. The van der Waals surface area contributed by atoms with Crippen LogP contribution in [0, 0.1) is 5.92 Å². The summed E-state index contributed by atoms with van der Waals surface area (Å²) in [6, 6.07) is 8.00. The van der Waals surface area contributed by atoms with Crippen molar-refractivity contribution in [3.63, 3.8) is 0 Å². The van der Waals surface area contributed by atoms with Gasteiger partial charge in [0.1, 0.15) is 0 Å². The molecule has 4 heteroatoms. The Labute approximate surface area is 116 Å². The van der Waals surface area contributed by atoms with E-state index < -0.39 is 0 Å². The van der Waals surface area contributed by atoms with Crippen molar-refractivity contribution >= 4 is 27.5 Å². The lowest BCUT2D eigenvalue weighted by Crippen LogP contribution is -2.22. The first kappa shape index (κ1) is 13.6. The molecule has 1 aliphatic rings. The maximum absolute atomic E-state index is 12.0.